The molecule has 1 fully saturated rings. The molecule has 136 valence electrons. The average Bonchev–Trinajstić information content (AvgIpc) is 2.98. The summed E-state index contributed by atoms with van der Waals surface area (Å²) in [5.41, 5.74) is 9.47. The number of rotatable bonds is 4. The highest BCUT2D eigenvalue weighted by atomic mass is 127. The van der Waals surface area contributed by atoms with Crippen LogP contribution in [0.5, 0.6) is 0 Å². The van der Waals surface area contributed by atoms with E-state index in [4.69, 9.17) is 22.1 Å². The number of aromatic nitrogens is 1. The van der Waals surface area contributed by atoms with Gasteiger partial charge >= 0.3 is 0 Å². The first-order valence-electron chi connectivity index (χ1n) is 8.57. The second-order valence-electron chi connectivity index (χ2n) is 6.39. The Balaban J connectivity index is 1.70. The second kappa shape index (κ2) is 7.98. The lowest BCUT2D eigenvalue weighted by Crippen LogP contribution is -2.34. The molecule has 1 aliphatic heterocycles. The van der Waals surface area contributed by atoms with E-state index in [-0.39, 0.29) is 12.1 Å². The van der Waals surface area contributed by atoms with Crippen molar-refractivity contribution in [3.8, 4) is 0 Å². The number of nitrogens with one attached hydrogen (secondary N) is 1. The van der Waals surface area contributed by atoms with Crippen molar-refractivity contribution in [3.05, 3.63) is 55.6 Å². The molecule has 3 heterocycles. The molecule has 0 spiro atoms. The Kier molecular flexibility index (Phi) is 5.66. The van der Waals surface area contributed by atoms with Crippen LogP contribution in [0.1, 0.15) is 29.4 Å². The van der Waals surface area contributed by atoms with E-state index in [9.17, 15) is 0 Å². The molecular formula is C19H19ClIN3OS. The SMILES string of the molecule is N[C@H]1CCCO[C@@H]1c1sc2c(NCc3ccccc3)cc(Cl)nc2c1I. The number of benzene rings is 1. The predicted octanol–water partition coefficient (Wildman–Crippen LogP) is 5.35. The van der Waals surface area contributed by atoms with Crippen molar-refractivity contribution in [2.75, 3.05) is 11.9 Å². The highest BCUT2D eigenvalue weighted by molar-refractivity contribution is 14.1. The molecule has 2 aromatic heterocycles. The summed E-state index contributed by atoms with van der Waals surface area (Å²) >= 11 is 10.3. The van der Waals surface area contributed by atoms with Gasteiger partial charge in [-0.25, -0.2) is 4.98 Å². The third-order valence-electron chi connectivity index (χ3n) is 4.53. The number of nitrogens with zero attached hydrogens (tertiary/aromatic N) is 1. The fourth-order valence-electron chi connectivity index (χ4n) is 3.21. The number of ether oxygens (including phenoxy) is 1. The molecule has 4 rings (SSSR count). The van der Waals surface area contributed by atoms with Gasteiger partial charge in [0.2, 0.25) is 0 Å². The molecule has 1 aromatic carbocycles. The summed E-state index contributed by atoms with van der Waals surface area (Å²) in [4.78, 5) is 5.72. The molecule has 1 saturated heterocycles. The third-order valence-corrected chi connectivity index (χ3v) is 7.46. The first-order valence-corrected chi connectivity index (χ1v) is 10.8. The summed E-state index contributed by atoms with van der Waals surface area (Å²) in [5, 5.41) is 4.00. The molecular weight excluding hydrogens is 481 g/mol. The van der Waals surface area contributed by atoms with E-state index in [1.54, 1.807) is 11.3 Å². The van der Waals surface area contributed by atoms with Gasteiger partial charge in [0.05, 0.1) is 24.4 Å². The van der Waals surface area contributed by atoms with Gasteiger partial charge in [0.15, 0.2) is 0 Å². The van der Waals surface area contributed by atoms with Crippen molar-refractivity contribution >= 4 is 61.4 Å². The van der Waals surface area contributed by atoms with Crippen LogP contribution in [0.25, 0.3) is 10.2 Å². The van der Waals surface area contributed by atoms with Crippen molar-refractivity contribution in [1.82, 2.24) is 4.98 Å². The molecule has 3 aromatic rings. The standard InChI is InChI=1S/C19H19ClIN3OS/c20-14-9-13(23-10-11-5-2-1-3-6-11)18-16(24-14)15(21)19(26-18)17-12(22)7-4-8-25-17/h1-3,5-6,9,12,17H,4,7-8,10,22H2,(H,23,24)/t12-,17-/m0/s1. The smallest absolute Gasteiger partial charge is 0.131 e. The van der Waals surface area contributed by atoms with Gasteiger partial charge in [-0.1, -0.05) is 41.9 Å². The van der Waals surface area contributed by atoms with Crippen molar-refractivity contribution in [2.24, 2.45) is 5.73 Å². The maximum atomic E-state index is 6.32. The number of thiophene rings is 1. The zero-order valence-corrected chi connectivity index (χ0v) is 17.8. The van der Waals surface area contributed by atoms with Gasteiger partial charge < -0.3 is 15.8 Å². The lowest BCUT2D eigenvalue weighted by atomic mass is 10.0. The maximum absolute atomic E-state index is 6.32. The molecule has 1 aliphatic rings. The molecule has 0 radical (unpaired) electrons. The Labute approximate surface area is 175 Å². The van der Waals surface area contributed by atoms with Gasteiger partial charge in [0, 0.05) is 25.3 Å². The number of hydrogen-bond donors (Lipinski definition) is 2. The average molecular weight is 500 g/mol. The summed E-state index contributed by atoms with van der Waals surface area (Å²) in [7, 11) is 0. The molecule has 7 heteroatoms. The second-order valence-corrected chi connectivity index (χ2v) is 8.91. The summed E-state index contributed by atoms with van der Waals surface area (Å²) in [6.07, 6.45) is 1.95. The fourth-order valence-corrected chi connectivity index (χ4v) is 5.86. The predicted molar refractivity (Wildman–Crippen MR) is 117 cm³/mol. The van der Waals surface area contributed by atoms with E-state index in [1.165, 1.54) is 5.56 Å². The summed E-state index contributed by atoms with van der Waals surface area (Å²) in [6, 6.07) is 12.2. The lowest BCUT2D eigenvalue weighted by molar-refractivity contribution is 0.00196. The Morgan fingerprint density at radius 2 is 2.15 bits per heavy atom. The minimum atomic E-state index is -0.0596. The highest BCUT2D eigenvalue weighted by Crippen LogP contribution is 2.43. The number of pyridine rings is 1. The van der Waals surface area contributed by atoms with Crippen LogP contribution in [-0.2, 0) is 11.3 Å². The van der Waals surface area contributed by atoms with Gasteiger partial charge in [-0.15, -0.1) is 11.3 Å². The minimum absolute atomic E-state index is 0.0292. The molecule has 3 N–H and O–H groups in total. The van der Waals surface area contributed by atoms with E-state index in [0.717, 1.165) is 50.3 Å². The van der Waals surface area contributed by atoms with Crippen LogP contribution in [0.3, 0.4) is 0 Å². The van der Waals surface area contributed by atoms with Crippen molar-refractivity contribution < 1.29 is 4.74 Å². The third kappa shape index (κ3) is 3.71. The zero-order chi connectivity index (χ0) is 18.1. The van der Waals surface area contributed by atoms with Crippen LogP contribution >= 0.6 is 45.5 Å². The van der Waals surface area contributed by atoms with Crippen LogP contribution < -0.4 is 11.1 Å². The number of hydrogen-bond acceptors (Lipinski definition) is 5. The lowest BCUT2D eigenvalue weighted by Gasteiger charge is -2.28. The zero-order valence-electron chi connectivity index (χ0n) is 14.0. The quantitative estimate of drug-likeness (QED) is 0.375. The Hall–Kier alpha value is -0.930. The summed E-state index contributed by atoms with van der Waals surface area (Å²) < 4.78 is 8.18. The van der Waals surface area contributed by atoms with E-state index in [2.05, 4.69) is 45.0 Å². The molecule has 4 nitrogen and oxygen atoms in total. The number of fused-ring (bicyclic) bond motifs is 1. The van der Waals surface area contributed by atoms with Crippen LogP contribution in [-0.4, -0.2) is 17.6 Å². The first-order chi connectivity index (χ1) is 12.6. The Morgan fingerprint density at radius 3 is 2.92 bits per heavy atom. The molecule has 26 heavy (non-hydrogen) atoms. The van der Waals surface area contributed by atoms with Crippen LogP contribution in [0.2, 0.25) is 5.15 Å². The van der Waals surface area contributed by atoms with E-state index >= 15 is 0 Å². The van der Waals surface area contributed by atoms with Crippen LogP contribution in [0.15, 0.2) is 36.4 Å². The number of anilines is 1. The van der Waals surface area contributed by atoms with Gasteiger partial charge in [0.1, 0.15) is 11.3 Å². The largest absolute Gasteiger partial charge is 0.380 e. The Morgan fingerprint density at radius 1 is 1.35 bits per heavy atom. The molecule has 0 bridgehead atoms. The summed E-state index contributed by atoms with van der Waals surface area (Å²) in [6.45, 7) is 1.50. The molecule has 0 amide bonds. The summed E-state index contributed by atoms with van der Waals surface area (Å²) in [5.74, 6) is 0. The monoisotopic (exact) mass is 499 g/mol. The highest BCUT2D eigenvalue weighted by Gasteiger charge is 2.29. The van der Waals surface area contributed by atoms with E-state index in [1.807, 2.05) is 24.3 Å². The van der Waals surface area contributed by atoms with Gasteiger partial charge in [0.25, 0.3) is 0 Å². The minimum Gasteiger partial charge on any atom is -0.380 e. The van der Waals surface area contributed by atoms with Gasteiger partial charge in [-0.2, -0.15) is 0 Å². The van der Waals surface area contributed by atoms with E-state index in [0.29, 0.717) is 5.15 Å². The van der Waals surface area contributed by atoms with Crippen molar-refractivity contribution in [2.45, 2.75) is 31.5 Å². The molecule has 0 aliphatic carbocycles. The Bertz CT molecular complexity index is 918. The van der Waals surface area contributed by atoms with Crippen molar-refractivity contribution in [3.63, 3.8) is 0 Å². The van der Waals surface area contributed by atoms with Crippen LogP contribution in [0.4, 0.5) is 5.69 Å². The maximum Gasteiger partial charge on any atom is 0.131 e. The van der Waals surface area contributed by atoms with Crippen LogP contribution in [0, 0.1) is 3.57 Å². The topological polar surface area (TPSA) is 60.2 Å². The number of nitrogens with two attached hydrogens (primary N) is 1. The normalized spacial score (nSPS) is 20.4. The van der Waals surface area contributed by atoms with Crippen molar-refractivity contribution in [1.29, 1.82) is 0 Å². The molecule has 0 saturated carbocycles. The first kappa shape index (κ1) is 18.4. The number of halogens is 2. The molecule has 2 atom stereocenters. The van der Waals surface area contributed by atoms with Gasteiger partial charge in [-0.3, -0.25) is 0 Å². The molecule has 0 unspecified atom stereocenters. The van der Waals surface area contributed by atoms with E-state index < -0.39 is 0 Å². The fraction of sp³-hybridized carbons (Fsp3) is 0.316. The van der Waals surface area contributed by atoms with Gasteiger partial charge in [-0.05, 0) is 41.0 Å².